The first-order valence-electron chi connectivity index (χ1n) is 6.76. The largest absolute Gasteiger partial charge is 0.310 e. The highest BCUT2D eigenvalue weighted by molar-refractivity contribution is 9.10. The average Bonchev–Trinajstić information content (AvgIpc) is 2.34. The summed E-state index contributed by atoms with van der Waals surface area (Å²) in [5.74, 6) is 0. The highest BCUT2D eigenvalue weighted by Crippen LogP contribution is 2.22. The lowest BCUT2D eigenvalue weighted by molar-refractivity contribution is 0.482. The molecule has 1 N–H and O–H groups in total. The Morgan fingerprint density at radius 2 is 1.76 bits per heavy atom. The highest BCUT2D eigenvalue weighted by Gasteiger charge is 2.09. The van der Waals surface area contributed by atoms with Crippen molar-refractivity contribution in [1.82, 2.24) is 5.32 Å². The molecular weight excluding hydrogens is 274 g/mol. The summed E-state index contributed by atoms with van der Waals surface area (Å²) in [6, 6.07) is 9.22. The van der Waals surface area contributed by atoms with Crippen molar-refractivity contribution in [1.29, 1.82) is 0 Å². The molecule has 0 amide bonds. The Labute approximate surface area is 114 Å². The molecule has 1 rings (SSSR count). The van der Waals surface area contributed by atoms with Gasteiger partial charge < -0.3 is 5.32 Å². The first-order chi connectivity index (χ1) is 8.27. The van der Waals surface area contributed by atoms with E-state index in [-0.39, 0.29) is 0 Å². The number of benzene rings is 1. The molecule has 1 aromatic rings. The van der Waals surface area contributed by atoms with Crippen LogP contribution < -0.4 is 5.32 Å². The van der Waals surface area contributed by atoms with E-state index in [1.807, 2.05) is 0 Å². The maximum Gasteiger partial charge on any atom is 0.0320 e. The Morgan fingerprint density at radius 1 is 1.06 bits per heavy atom. The summed E-state index contributed by atoms with van der Waals surface area (Å²) in [6.07, 6.45) is 6.59. The quantitative estimate of drug-likeness (QED) is 0.661. The normalized spacial score (nSPS) is 12.6. The zero-order chi connectivity index (χ0) is 12.5. The Balaban J connectivity index is 2.49. The van der Waals surface area contributed by atoms with Crippen molar-refractivity contribution in [3.05, 3.63) is 34.3 Å². The van der Waals surface area contributed by atoms with Crippen LogP contribution in [0.4, 0.5) is 0 Å². The predicted molar refractivity (Wildman–Crippen MR) is 79.3 cm³/mol. The molecule has 0 fully saturated rings. The zero-order valence-electron chi connectivity index (χ0n) is 11.0. The van der Waals surface area contributed by atoms with Crippen LogP contribution in [0.5, 0.6) is 0 Å². The third kappa shape index (κ3) is 5.69. The fraction of sp³-hybridized carbons (Fsp3) is 0.600. The van der Waals surface area contributed by atoms with Crippen LogP contribution in [0.25, 0.3) is 0 Å². The van der Waals surface area contributed by atoms with Crippen LogP contribution in [0.1, 0.15) is 57.6 Å². The molecule has 0 radical (unpaired) electrons. The van der Waals surface area contributed by atoms with E-state index in [9.17, 15) is 0 Å². The van der Waals surface area contributed by atoms with Gasteiger partial charge in [-0.25, -0.2) is 0 Å². The first-order valence-corrected chi connectivity index (χ1v) is 7.56. The SMILES string of the molecule is CCCCCCC(NCC)c1ccc(Br)cc1. The van der Waals surface area contributed by atoms with Gasteiger partial charge in [0.2, 0.25) is 0 Å². The van der Waals surface area contributed by atoms with Crippen LogP contribution in [-0.2, 0) is 0 Å². The molecule has 1 aromatic carbocycles. The Bertz CT molecular complexity index is 294. The van der Waals surface area contributed by atoms with E-state index in [0.717, 1.165) is 11.0 Å². The smallest absolute Gasteiger partial charge is 0.0320 e. The van der Waals surface area contributed by atoms with Crippen LogP contribution in [0, 0.1) is 0 Å². The van der Waals surface area contributed by atoms with Gasteiger partial charge in [0.25, 0.3) is 0 Å². The number of unbranched alkanes of at least 4 members (excludes halogenated alkanes) is 3. The fourth-order valence-corrected chi connectivity index (χ4v) is 2.37. The number of rotatable bonds is 8. The summed E-state index contributed by atoms with van der Waals surface area (Å²) in [7, 11) is 0. The van der Waals surface area contributed by atoms with E-state index in [4.69, 9.17) is 0 Å². The summed E-state index contributed by atoms with van der Waals surface area (Å²) < 4.78 is 1.16. The summed E-state index contributed by atoms with van der Waals surface area (Å²) in [5, 5.41) is 3.58. The maximum absolute atomic E-state index is 3.58. The second kappa shape index (κ2) is 8.71. The van der Waals surface area contributed by atoms with E-state index < -0.39 is 0 Å². The van der Waals surface area contributed by atoms with Crippen molar-refractivity contribution in [2.45, 2.75) is 52.0 Å². The molecule has 1 atom stereocenters. The van der Waals surface area contributed by atoms with Gasteiger partial charge in [-0.2, -0.15) is 0 Å². The lowest BCUT2D eigenvalue weighted by atomic mass is 10.00. The van der Waals surface area contributed by atoms with Crippen molar-refractivity contribution in [3.8, 4) is 0 Å². The third-order valence-electron chi connectivity index (χ3n) is 3.07. The topological polar surface area (TPSA) is 12.0 Å². The number of hydrogen-bond donors (Lipinski definition) is 1. The number of nitrogens with one attached hydrogen (secondary N) is 1. The molecule has 0 aliphatic carbocycles. The predicted octanol–water partition coefficient (Wildman–Crippen LogP) is 5.07. The van der Waals surface area contributed by atoms with E-state index in [1.54, 1.807) is 0 Å². The van der Waals surface area contributed by atoms with Gasteiger partial charge in [-0.15, -0.1) is 0 Å². The minimum absolute atomic E-state index is 0.518. The molecule has 0 aliphatic rings. The van der Waals surface area contributed by atoms with Crippen LogP contribution in [0.15, 0.2) is 28.7 Å². The fourth-order valence-electron chi connectivity index (χ4n) is 2.10. The van der Waals surface area contributed by atoms with Gasteiger partial charge in [-0.1, -0.05) is 67.6 Å². The molecule has 96 valence electrons. The molecule has 0 aromatic heterocycles. The number of hydrogen-bond acceptors (Lipinski definition) is 1. The molecule has 17 heavy (non-hydrogen) atoms. The van der Waals surface area contributed by atoms with Crippen LogP contribution in [-0.4, -0.2) is 6.54 Å². The van der Waals surface area contributed by atoms with Crippen LogP contribution in [0.2, 0.25) is 0 Å². The summed E-state index contributed by atoms with van der Waals surface area (Å²) in [6.45, 7) is 5.48. The van der Waals surface area contributed by atoms with Crippen molar-refractivity contribution in [3.63, 3.8) is 0 Å². The molecule has 0 heterocycles. The van der Waals surface area contributed by atoms with E-state index >= 15 is 0 Å². The summed E-state index contributed by atoms with van der Waals surface area (Å²) in [5.41, 5.74) is 1.41. The summed E-state index contributed by atoms with van der Waals surface area (Å²) in [4.78, 5) is 0. The molecule has 0 spiro atoms. The second-order valence-corrected chi connectivity index (χ2v) is 5.43. The monoisotopic (exact) mass is 297 g/mol. The first kappa shape index (κ1) is 14.7. The van der Waals surface area contributed by atoms with Gasteiger partial charge in [-0.05, 0) is 30.7 Å². The molecule has 2 heteroatoms. The van der Waals surface area contributed by atoms with Crippen molar-refractivity contribution in [2.75, 3.05) is 6.54 Å². The van der Waals surface area contributed by atoms with Gasteiger partial charge in [0.1, 0.15) is 0 Å². The van der Waals surface area contributed by atoms with Crippen LogP contribution >= 0.6 is 15.9 Å². The van der Waals surface area contributed by atoms with Gasteiger partial charge in [0, 0.05) is 10.5 Å². The lowest BCUT2D eigenvalue weighted by Gasteiger charge is -2.18. The molecular formula is C15H24BrN. The van der Waals surface area contributed by atoms with Crippen molar-refractivity contribution < 1.29 is 0 Å². The van der Waals surface area contributed by atoms with Gasteiger partial charge >= 0.3 is 0 Å². The third-order valence-corrected chi connectivity index (χ3v) is 3.60. The van der Waals surface area contributed by atoms with E-state index in [0.29, 0.717) is 6.04 Å². The Hall–Kier alpha value is -0.340. The molecule has 1 unspecified atom stereocenters. The van der Waals surface area contributed by atoms with Gasteiger partial charge in [0.05, 0.1) is 0 Å². The Morgan fingerprint density at radius 3 is 2.35 bits per heavy atom. The summed E-state index contributed by atoms with van der Waals surface area (Å²) >= 11 is 3.49. The van der Waals surface area contributed by atoms with Crippen molar-refractivity contribution in [2.24, 2.45) is 0 Å². The Kier molecular flexibility index (Phi) is 7.54. The lowest BCUT2D eigenvalue weighted by Crippen LogP contribution is -2.20. The molecule has 0 saturated heterocycles. The molecule has 0 aliphatic heterocycles. The molecule has 0 saturated carbocycles. The van der Waals surface area contributed by atoms with Crippen molar-refractivity contribution >= 4 is 15.9 Å². The standard InChI is InChI=1S/C15H24BrN/c1-3-5-6-7-8-15(17-4-2)13-9-11-14(16)12-10-13/h9-12,15,17H,3-8H2,1-2H3. The molecule has 0 bridgehead atoms. The minimum atomic E-state index is 0.518. The minimum Gasteiger partial charge on any atom is -0.310 e. The molecule has 1 nitrogen and oxygen atoms in total. The van der Waals surface area contributed by atoms with Gasteiger partial charge in [-0.3, -0.25) is 0 Å². The second-order valence-electron chi connectivity index (χ2n) is 4.51. The van der Waals surface area contributed by atoms with E-state index in [2.05, 4.69) is 59.4 Å². The van der Waals surface area contributed by atoms with E-state index in [1.165, 1.54) is 37.7 Å². The highest BCUT2D eigenvalue weighted by atomic mass is 79.9. The van der Waals surface area contributed by atoms with Crippen LogP contribution in [0.3, 0.4) is 0 Å². The zero-order valence-corrected chi connectivity index (χ0v) is 12.6. The van der Waals surface area contributed by atoms with Gasteiger partial charge in [0.15, 0.2) is 0 Å². The maximum atomic E-state index is 3.58. The average molecular weight is 298 g/mol. The number of halogens is 1.